The summed E-state index contributed by atoms with van der Waals surface area (Å²) in [6, 6.07) is 6.89. The van der Waals surface area contributed by atoms with Crippen LogP contribution in [0.1, 0.15) is 10.4 Å². The van der Waals surface area contributed by atoms with Gasteiger partial charge in [0, 0.05) is 18.3 Å². The zero-order valence-electron chi connectivity index (χ0n) is 9.49. The van der Waals surface area contributed by atoms with Gasteiger partial charge >= 0.3 is 5.97 Å². The number of nitro groups is 1. The molecule has 1 aromatic carbocycles. The van der Waals surface area contributed by atoms with Crippen LogP contribution in [0.15, 0.2) is 41.3 Å². The number of rotatable bonds is 3. The fourth-order valence-corrected chi connectivity index (χ4v) is 1.61. The average Bonchev–Trinajstić information content (AvgIpc) is 2.39. The molecule has 0 atom stereocenters. The van der Waals surface area contributed by atoms with Gasteiger partial charge < -0.3 is 10.1 Å². The number of hydrogen-bond donors (Lipinski definition) is 2. The summed E-state index contributed by atoms with van der Waals surface area (Å²) in [5.41, 5.74) is -0.403. The predicted molar refractivity (Wildman–Crippen MR) is 66.1 cm³/mol. The number of nitro benzene ring substituents is 1. The topological polar surface area (TPSA) is 113 Å². The van der Waals surface area contributed by atoms with Gasteiger partial charge in [0.2, 0.25) is 0 Å². The third-order valence-electron chi connectivity index (χ3n) is 2.52. The molecule has 0 spiro atoms. The molecule has 2 rings (SSSR count). The van der Waals surface area contributed by atoms with Gasteiger partial charge in [0.1, 0.15) is 5.56 Å². The molecule has 0 bridgehead atoms. The number of carbonyl (C=O) groups is 1. The number of aromatic amines is 1. The summed E-state index contributed by atoms with van der Waals surface area (Å²) in [6.45, 7) is 0. The van der Waals surface area contributed by atoms with Crippen molar-refractivity contribution in [3.8, 4) is 11.1 Å². The highest BCUT2D eigenvalue weighted by atomic mass is 16.6. The third kappa shape index (κ3) is 2.49. The van der Waals surface area contributed by atoms with Crippen LogP contribution in [-0.4, -0.2) is 21.0 Å². The van der Waals surface area contributed by atoms with Gasteiger partial charge in [0.05, 0.1) is 4.92 Å². The van der Waals surface area contributed by atoms with Gasteiger partial charge in [-0.1, -0.05) is 12.1 Å². The van der Waals surface area contributed by atoms with E-state index in [1.165, 1.54) is 30.5 Å². The van der Waals surface area contributed by atoms with Gasteiger partial charge in [-0.05, 0) is 17.2 Å². The van der Waals surface area contributed by atoms with E-state index < -0.39 is 22.0 Å². The van der Waals surface area contributed by atoms with Gasteiger partial charge in [-0.25, -0.2) is 4.79 Å². The fraction of sp³-hybridized carbons (Fsp3) is 0. The molecule has 7 heteroatoms. The van der Waals surface area contributed by atoms with Gasteiger partial charge in [0.15, 0.2) is 0 Å². The summed E-state index contributed by atoms with van der Waals surface area (Å²) < 4.78 is 0. The van der Waals surface area contributed by atoms with E-state index in [4.69, 9.17) is 5.11 Å². The number of hydrogen-bond acceptors (Lipinski definition) is 4. The number of pyridine rings is 1. The van der Waals surface area contributed by atoms with Gasteiger partial charge in [0.25, 0.3) is 11.2 Å². The number of aromatic nitrogens is 1. The molecule has 2 N–H and O–H groups in total. The lowest BCUT2D eigenvalue weighted by molar-refractivity contribution is -0.384. The largest absolute Gasteiger partial charge is 0.477 e. The molecule has 0 unspecified atom stereocenters. The maximum atomic E-state index is 11.3. The first-order valence-electron chi connectivity index (χ1n) is 5.20. The first kappa shape index (κ1) is 12.5. The standard InChI is InChI=1S/C12H8N2O5/c15-11-10(12(16)17)5-8(6-13-11)7-2-1-3-9(4-7)14(18)19/h1-6H,(H,13,15)(H,16,17). The SMILES string of the molecule is O=C(O)c1cc(-c2cccc([N+](=O)[O-])c2)c[nH]c1=O. The summed E-state index contributed by atoms with van der Waals surface area (Å²) in [7, 11) is 0. The Morgan fingerprint density at radius 1 is 1.26 bits per heavy atom. The van der Waals surface area contributed by atoms with Crippen LogP contribution in [-0.2, 0) is 0 Å². The molecule has 0 aliphatic carbocycles. The fourth-order valence-electron chi connectivity index (χ4n) is 1.61. The Kier molecular flexibility index (Phi) is 3.11. The Hall–Kier alpha value is -2.96. The van der Waals surface area contributed by atoms with E-state index >= 15 is 0 Å². The highest BCUT2D eigenvalue weighted by Crippen LogP contribution is 2.23. The number of H-pyrrole nitrogens is 1. The molecule has 1 heterocycles. The Bertz CT molecular complexity index is 720. The van der Waals surface area contributed by atoms with Crippen LogP contribution >= 0.6 is 0 Å². The molecule has 0 fully saturated rings. The molecular formula is C12H8N2O5. The maximum Gasteiger partial charge on any atom is 0.341 e. The van der Waals surface area contributed by atoms with E-state index in [9.17, 15) is 19.7 Å². The third-order valence-corrected chi connectivity index (χ3v) is 2.52. The van der Waals surface area contributed by atoms with Crippen molar-refractivity contribution in [2.75, 3.05) is 0 Å². The van der Waals surface area contributed by atoms with Gasteiger partial charge in [-0.3, -0.25) is 14.9 Å². The molecule has 0 amide bonds. The quantitative estimate of drug-likeness (QED) is 0.643. The molecular weight excluding hydrogens is 252 g/mol. The lowest BCUT2D eigenvalue weighted by atomic mass is 10.1. The van der Waals surface area contributed by atoms with Crippen molar-refractivity contribution >= 4 is 11.7 Å². The van der Waals surface area contributed by atoms with Crippen molar-refractivity contribution in [1.82, 2.24) is 4.98 Å². The van der Waals surface area contributed by atoms with Crippen LogP contribution in [0.3, 0.4) is 0 Å². The molecule has 0 saturated heterocycles. The highest BCUT2D eigenvalue weighted by Gasteiger charge is 2.12. The van der Waals surface area contributed by atoms with Crippen molar-refractivity contribution in [3.05, 3.63) is 62.6 Å². The minimum Gasteiger partial charge on any atom is -0.477 e. The van der Waals surface area contributed by atoms with E-state index in [0.717, 1.165) is 0 Å². The molecule has 0 radical (unpaired) electrons. The highest BCUT2D eigenvalue weighted by molar-refractivity contribution is 5.88. The molecule has 0 saturated carbocycles. The smallest absolute Gasteiger partial charge is 0.341 e. The van der Waals surface area contributed by atoms with E-state index in [0.29, 0.717) is 11.1 Å². The summed E-state index contributed by atoms with van der Waals surface area (Å²) in [5, 5.41) is 19.5. The van der Waals surface area contributed by atoms with Crippen molar-refractivity contribution in [1.29, 1.82) is 0 Å². The Labute approximate surface area is 106 Å². The van der Waals surface area contributed by atoms with E-state index in [2.05, 4.69) is 4.98 Å². The van der Waals surface area contributed by atoms with E-state index in [1.807, 2.05) is 0 Å². The lowest BCUT2D eigenvalue weighted by Gasteiger charge is -2.02. The number of carboxylic acid groups (broad SMARTS) is 1. The summed E-state index contributed by atoms with van der Waals surface area (Å²) in [5.74, 6) is -1.35. The van der Waals surface area contributed by atoms with Gasteiger partial charge in [-0.15, -0.1) is 0 Å². The maximum absolute atomic E-state index is 11.3. The summed E-state index contributed by atoms with van der Waals surface area (Å²) in [4.78, 5) is 34.5. The normalized spacial score (nSPS) is 10.1. The molecule has 2 aromatic rings. The predicted octanol–water partition coefficient (Wildman–Crippen LogP) is 1.65. The summed E-state index contributed by atoms with van der Waals surface area (Å²) >= 11 is 0. The molecule has 7 nitrogen and oxygen atoms in total. The number of nitrogens with zero attached hydrogens (tertiary/aromatic N) is 1. The van der Waals surface area contributed by atoms with Crippen LogP contribution in [0.5, 0.6) is 0 Å². The molecule has 0 aliphatic heterocycles. The summed E-state index contributed by atoms with van der Waals surface area (Å²) in [6.07, 6.45) is 1.31. The molecule has 96 valence electrons. The zero-order chi connectivity index (χ0) is 14.0. The zero-order valence-corrected chi connectivity index (χ0v) is 9.49. The minimum atomic E-state index is -1.35. The number of benzene rings is 1. The van der Waals surface area contributed by atoms with Gasteiger partial charge in [-0.2, -0.15) is 0 Å². The first-order valence-corrected chi connectivity index (χ1v) is 5.20. The Balaban J connectivity index is 2.56. The van der Waals surface area contributed by atoms with Crippen LogP contribution in [0.25, 0.3) is 11.1 Å². The first-order chi connectivity index (χ1) is 8.99. The second-order valence-electron chi connectivity index (χ2n) is 3.74. The number of non-ortho nitro benzene ring substituents is 1. The van der Waals surface area contributed by atoms with Crippen LogP contribution in [0, 0.1) is 10.1 Å². The monoisotopic (exact) mass is 260 g/mol. The van der Waals surface area contributed by atoms with Crippen LogP contribution in [0.4, 0.5) is 5.69 Å². The van der Waals surface area contributed by atoms with Crippen molar-refractivity contribution in [3.63, 3.8) is 0 Å². The van der Waals surface area contributed by atoms with Crippen molar-refractivity contribution in [2.24, 2.45) is 0 Å². The van der Waals surface area contributed by atoms with Crippen molar-refractivity contribution < 1.29 is 14.8 Å². The van der Waals surface area contributed by atoms with Crippen LogP contribution < -0.4 is 5.56 Å². The van der Waals surface area contributed by atoms with E-state index in [1.54, 1.807) is 6.07 Å². The second-order valence-corrected chi connectivity index (χ2v) is 3.74. The van der Waals surface area contributed by atoms with Crippen LogP contribution in [0.2, 0.25) is 0 Å². The van der Waals surface area contributed by atoms with Crippen molar-refractivity contribution in [2.45, 2.75) is 0 Å². The lowest BCUT2D eigenvalue weighted by Crippen LogP contribution is -2.16. The molecule has 1 aromatic heterocycles. The van der Waals surface area contributed by atoms with E-state index in [-0.39, 0.29) is 5.69 Å². The molecule has 19 heavy (non-hydrogen) atoms. The second kappa shape index (κ2) is 4.73. The molecule has 0 aliphatic rings. The minimum absolute atomic E-state index is 0.111. The number of nitrogens with one attached hydrogen (secondary N) is 1. The number of carboxylic acids is 1. The Morgan fingerprint density at radius 3 is 2.63 bits per heavy atom. The Morgan fingerprint density at radius 2 is 2.00 bits per heavy atom. The average molecular weight is 260 g/mol. The number of aromatic carboxylic acids is 1.